The molecule has 0 spiro atoms. The largest absolute Gasteiger partial charge is 0.454 e. The van der Waals surface area contributed by atoms with E-state index in [1.54, 1.807) is 43.5 Å². The highest BCUT2D eigenvalue weighted by molar-refractivity contribution is 9.10. The van der Waals surface area contributed by atoms with Gasteiger partial charge in [0.15, 0.2) is 27.2 Å². The molecule has 0 aromatic heterocycles. The first-order chi connectivity index (χ1) is 15.3. The molecular weight excluding hydrogens is 499 g/mol. The third-order valence-electron chi connectivity index (χ3n) is 5.50. The number of pyridine rings is 1. The van der Waals surface area contributed by atoms with Crippen molar-refractivity contribution in [2.24, 2.45) is 0 Å². The maximum Gasteiger partial charge on any atom is 0.181 e. The number of aromatic nitrogens is 2. The molecule has 0 unspecified atom stereocenters. The quantitative estimate of drug-likeness (QED) is 0.337. The van der Waals surface area contributed by atoms with E-state index in [9.17, 15) is 18.0 Å². The van der Waals surface area contributed by atoms with Crippen molar-refractivity contribution in [2.45, 2.75) is 29.9 Å². The number of aryl methyl sites for hydroxylation is 1. The van der Waals surface area contributed by atoms with Gasteiger partial charge in [-0.3, -0.25) is 0 Å². The van der Waals surface area contributed by atoms with Crippen LogP contribution < -0.4 is 4.74 Å². The van der Waals surface area contributed by atoms with Gasteiger partial charge in [-0.05, 0) is 73.9 Å². The lowest BCUT2D eigenvalue weighted by molar-refractivity contribution is 0.180. The normalized spacial score (nSPS) is 14.1. The molecular formula is C23H18BrFN2O4S. The first-order valence-corrected chi connectivity index (χ1v) is 12.3. The maximum atomic E-state index is 14.5. The molecule has 0 atom stereocenters. The monoisotopic (exact) mass is 516 g/mol. The summed E-state index contributed by atoms with van der Waals surface area (Å²) < 4.78 is 47.8. The SMILES string of the molecule is Cc1cc(-c2cc(S(=O)(=O)C3CC3)ccc2Oc2ccc(Br)cc2F)c2ccnc-2n1O. The summed E-state index contributed by atoms with van der Waals surface area (Å²) in [5.41, 5.74) is 2.21. The number of rotatable bonds is 5. The molecule has 2 aromatic carbocycles. The van der Waals surface area contributed by atoms with Gasteiger partial charge in [-0.1, -0.05) is 15.9 Å². The number of hydrogen-bond acceptors (Lipinski definition) is 5. The van der Waals surface area contributed by atoms with Gasteiger partial charge in [0.05, 0.1) is 15.8 Å². The fourth-order valence-corrected chi connectivity index (χ4v) is 5.69. The summed E-state index contributed by atoms with van der Waals surface area (Å²) in [6.45, 7) is 1.71. The van der Waals surface area contributed by atoms with E-state index >= 15 is 0 Å². The summed E-state index contributed by atoms with van der Waals surface area (Å²) in [4.78, 5) is 4.39. The van der Waals surface area contributed by atoms with Gasteiger partial charge in [0.25, 0.3) is 0 Å². The first kappa shape index (κ1) is 21.0. The zero-order chi connectivity index (χ0) is 22.6. The number of fused-ring (bicyclic) bond motifs is 1. The Morgan fingerprint density at radius 2 is 1.81 bits per heavy atom. The Balaban J connectivity index is 1.72. The van der Waals surface area contributed by atoms with E-state index in [0.29, 0.717) is 51.3 Å². The van der Waals surface area contributed by atoms with Crippen molar-refractivity contribution in [2.75, 3.05) is 0 Å². The molecule has 2 heterocycles. The Morgan fingerprint density at radius 3 is 2.53 bits per heavy atom. The van der Waals surface area contributed by atoms with Crippen LogP contribution in [-0.4, -0.2) is 28.6 Å². The summed E-state index contributed by atoms with van der Waals surface area (Å²) in [7, 11) is -3.46. The lowest BCUT2D eigenvalue weighted by atomic mass is 9.98. The minimum Gasteiger partial charge on any atom is -0.454 e. The minimum absolute atomic E-state index is 0.00833. The second kappa shape index (κ2) is 7.60. The number of hydrogen-bond donors (Lipinski definition) is 1. The van der Waals surface area contributed by atoms with Crippen LogP contribution in [0.4, 0.5) is 4.39 Å². The van der Waals surface area contributed by atoms with Crippen LogP contribution in [0.2, 0.25) is 0 Å². The van der Waals surface area contributed by atoms with E-state index < -0.39 is 15.7 Å². The van der Waals surface area contributed by atoms with Gasteiger partial charge >= 0.3 is 0 Å². The van der Waals surface area contributed by atoms with Gasteiger partial charge in [-0.2, -0.15) is 4.73 Å². The van der Waals surface area contributed by atoms with Crippen molar-refractivity contribution in [1.82, 2.24) is 9.71 Å². The summed E-state index contributed by atoms with van der Waals surface area (Å²) in [6, 6.07) is 12.5. The summed E-state index contributed by atoms with van der Waals surface area (Å²) in [6.07, 6.45) is 2.85. The van der Waals surface area contributed by atoms with Crippen molar-refractivity contribution < 1.29 is 22.8 Å². The number of sulfone groups is 1. The fourth-order valence-electron chi connectivity index (χ4n) is 3.68. The van der Waals surface area contributed by atoms with Crippen LogP contribution in [0.1, 0.15) is 18.5 Å². The van der Waals surface area contributed by atoms with Crippen LogP contribution >= 0.6 is 15.9 Å². The third kappa shape index (κ3) is 3.55. The average Bonchev–Trinajstić information content (AvgIpc) is 3.51. The molecule has 164 valence electrons. The second-order valence-electron chi connectivity index (χ2n) is 7.77. The lowest BCUT2D eigenvalue weighted by Gasteiger charge is -2.18. The molecule has 32 heavy (non-hydrogen) atoms. The molecule has 0 saturated heterocycles. The summed E-state index contributed by atoms with van der Waals surface area (Å²) in [5, 5.41) is 9.95. The number of benzene rings is 2. The highest BCUT2D eigenvalue weighted by Gasteiger charge is 2.37. The van der Waals surface area contributed by atoms with E-state index in [2.05, 4.69) is 20.9 Å². The van der Waals surface area contributed by atoms with Crippen LogP contribution in [-0.2, 0) is 9.84 Å². The zero-order valence-electron chi connectivity index (χ0n) is 16.9. The number of halogens is 2. The number of ether oxygens (including phenoxy) is 1. The van der Waals surface area contributed by atoms with Crippen molar-refractivity contribution in [3.8, 4) is 34.0 Å². The predicted molar refractivity (Wildman–Crippen MR) is 121 cm³/mol. The molecule has 1 N–H and O–H groups in total. The molecule has 6 nitrogen and oxygen atoms in total. The summed E-state index contributed by atoms with van der Waals surface area (Å²) in [5.74, 6) is 0.0707. The average molecular weight is 517 g/mol. The van der Waals surface area contributed by atoms with Gasteiger partial charge in [0.2, 0.25) is 0 Å². The van der Waals surface area contributed by atoms with E-state index in [1.807, 2.05) is 0 Å². The van der Waals surface area contributed by atoms with Gasteiger partial charge < -0.3 is 9.94 Å². The lowest BCUT2D eigenvalue weighted by Crippen LogP contribution is -2.08. The molecule has 9 heteroatoms. The van der Waals surface area contributed by atoms with Gasteiger partial charge in [-0.15, -0.1) is 0 Å². The Morgan fingerprint density at radius 1 is 1.06 bits per heavy atom. The van der Waals surface area contributed by atoms with Crippen molar-refractivity contribution >= 4 is 25.8 Å². The smallest absolute Gasteiger partial charge is 0.181 e. The topological polar surface area (TPSA) is 81.4 Å². The Kier molecular flexibility index (Phi) is 4.98. The van der Waals surface area contributed by atoms with E-state index in [0.717, 1.165) is 4.73 Å². The zero-order valence-corrected chi connectivity index (χ0v) is 19.3. The second-order valence-corrected chi connectivity index (χ2v) is 10.9. The van der Waals surface area contributed by atoms with E-state index in [1.165, 1.54) is 18.2 Å². The molecule has 2 aromatic rings. The minimum atomic E-state index is -3.46. The van der Waals surface area contributed by atoms with E-state index in [4.69, 9.17) is 4.74 Å². The third-order valence-corrected chi connectivity index (χ3v) is 8.26. The molecule has 1 aliphatic carbocycles. The fraction of sp³-hybridized carbons (Fsp3) is 0.174. The van der Waals surface area contributed by atoms with Crippen LogP contribution in [0, 0.1) is 12.7 Å². The molecule has 5 rings (SSSR count). The van der Waals surface area contributed by atoms with Gasteiger partial charge in [-0.25, -0.2) is 17.8 Å². The summed E-state index contributed by atoms with van der Waals surface area (Å²) >= 11 is 3.23. The highest BCUT2D eigenvalue weighted by atomic mass is 79.9. The van der Waals surface area contributed by atoms with Crippen LogP contribution in [0.5, 0.6) is 11.5 Å². The molecule has 1 fully saturated rings. The molecule has 1 saturated carbocycles. The standard InChI is InChI=1S/C23H18BrFN2O4S/c1-13-10-18(17-8-9-26-23(17)27(13)28)19-12-16(32(29,30)15-3-4-15)5-7-21(19)31-22-6-2-14(24)11-20(22)25/h2,5-12,15,28H,3-4H2,1H3. The Bertz CT molecular complexity index is 1430. The van der Waals surface area contributed by atoms with Crippen LogP contribution in [0.25, 0.3) is 22.5 Å². The highest BCUT2D eigenvalue weighted by Crippen LogP contribution is 2.43. The molecule has 0 bridgehead atoms. The molecule has 0 amide bonds. The Labute approximate surface area is 192 Å². The van der Waals surface area contributed by atoms with Crippen molar-refractivity contribution in [1.29, 1.82) is 0 Å². The van der Waals surface area contributed by atoms with E-state index in [-0.39, 0.29) is 15.9 Å². The van der Waals surface area contributed by atoms with Gasteiger partial charge in [0, 0.05) is 21.8 Å². The van der Waals surface area contributed by atoms with Gasteiger partial charge in [0.1, 0.15) is 5.75 Å². The van der Waals surface area contributed by atoms with Crippen LogP contribution in [0.15, 0.2) is 64.1 Å². The van der Waals surface area contributed by atoms with Crippen molar-refractivity contribution in [3.63, 3.8) is 0 Å². The number of nitrogens with zero attached hydrogens (tertiary/aromatic N) is 2. The predicted octanol–water partition coefficient (Wildman–Crippen LogP) is 5.83. The first-order valence-electron chi connectivity index (χ1n) is 9.93. The Hall–Kier alpha value is -2.91. The molecule has 0 radical (unpaired) electrons. The van der Waals surface area contributed by atoms with Crippen molar-refractivity contribution in [3.05, 3.63) is 70.7 Å². The molecule has 3 aliphatic rings. The van der Waals surface area contributed by atoms with Crippen LogP contribution in [0.3, 0.4) is 0 Å². The molecule has 2 aliphatic heterocycles. The maximum absolute atomic E-state index is 14.5.